The van der Waals surface area contributed by atoms with E-state index in [1.807, 2.05) is 24.3 Å². The first-order valence-electron chi connectivity index (χ1n) is 5.78. The number of hydrogen-bond acceptors (Lipinski definition) is 3. The largest absolute Gasteiger partial charge is 0 e. The summed E-state index contributed by atoms with van der Waals surface area (Å²) < 4.78 is 63.9. The molecule has 0 amide bonds. The van der Waals surface area contributed by atoms with E-state index in [0.717, 1.165) is 5.56 Å². The average Bonchev–Trinajstić information content (AvgIpc) is 3.07. The van der Waals surface area contributed by atoms with Crippen molar-refractivity contribution in [3.63, 3.8) is 0 Å². The molecule has 0 aliphatic rings. The molecule has 0 atom stereocenters. The van der Waals surface area contributed by atoms with Gasteiger partial charge in [0.15, 0.2) is 14.2 Å². The maximum atomic E-state index is 9.75. The zero-order valence-electron chi connectivity index (χ0n) is 14.3. The summed E-state index contributed by atoms with van der Waals surface area (Å²) in [5, 5.41) is 14.6. The first-order valence-corrected chi connectivity index (χ1v) is 5.78. The van der Waals surface area contributed by atoms with Crippen molar-refractivity contribution in [2.24, 2.45) is 0 Å². The Morgan fingerprint density at radius 1 is 1.15 bits per heavy atom. The van der Waals surface area contributed by atoms with Gasteiger partial charge in [0, 0.05) is 34.9 Å². The Morgan fingerprint density at radius 3 is 1.62 bits per heavy atom. The number of carbonyl (C=O) groups excluding carboxylic acids is 1. The molecule has 0 aromatic heterocycles. The summed E-state index contributed by atoms with van der Waals surface area (Å²) in [6, 6.07) is 11.2. The summed E-state index contributed by atoms with van der Waals surface area (Å²) >= 11 is 0. The number of nitrogens with zero attached hydrogens (tertiary/aromatic N) is 2. The fourth-order valence-electron chi connectivity index (χ4n) is 0.829. The molecule has 0 fully saturated rings. The number of esters is 1. The number of rotatable bonds is 1. The summed E-state index contributed by atoms with van der Waals surface area (Å²) in [6.07, 6.45) is 0. The van der Waals surface area contributed by atoms with Crippen molar-refractivity contribution in [2.45, 2.75) is 13.8 Å². The average molecular weight is 459 g/mol. The van der Waals surface area contributed by atoms with Gasteiger partial charge in [-0.15, -0.1) is 0 Å². The van der Waals surface area contributed by atoms with Crippen LogP contribution in [0.25, 0.3) is 0 Å². The first kappa shape index (κ1) is 39.0. The Balaban J connectivity index is -0.0000000536. The molecule has 0 saturated carbocycles. The zero-order chi connectivity index (χ0) is 21.3. The van der Waals surface area contributed by atoms with Crippen molar-refractivity contribution in [3.05, 3.63) is 43.1 Å². The van der Waals surface area contributed by atoms with Gasteiger partial charge < -0.3 is 26.4 Å². The number of nitriles is 2. The van der Waals surface area contributed by atoms with E-state index >= 15 is 0 Å². The van der Waals surface area contributed by atoms with Gasteiger partial charge in [0.1, 0.15) is 0 Å². The van der Waals surface area contributed by atoms with E-state index in [0.29, 0.717) is 5.97 Å². The molecule has 1 rings (SSSR count). The topological polar surface area (TPSA) is 108 Å². The van der Waals surface area contributed by atoms with Crippen LogP contribution in [0.2, 0.25) is 0 Å². The summed E-state index contributed by atoms with van der Waals surface area (Å²) in [5.41, 5.74) is 0.977. The Bertz CT molecular complexity index is 509. The van der Waals surface area contributed by atoms with Crippen LogP contribution in [0.15, 0.2) is 24.3 Å². The predicted octanol–water partition coefficient (Wildman–Crippen LogP) is 3.64. The molecule has 1 aromatic carbocycles. The van der Waals surface area contributed by atoms with Crippen molar-refractivity contribution in [3.8, 4) is 12.1 Å². The third-order valence-corrected chi connectivity index (χ3v) is 1.27. The van der Waals surface area contributed by atoms with E-state index in [-0.39, 0.29) is 21.1 Å². The third kappa shape index (κ3) is 57.6. The second-order valence-corrected chi connectivity index (χ2v) is 2.81. The summed E-state index contributed by atoms with van der Waals surface area (Å²) in [6.45, 7) is 11.9. The molecule has 0 N–H and O–H groups in total. The van der Waals surface area contributed by atoms with Crippen LogP contribution in [0, 0.1) is 36.0 Å². The van der Waals surface area contributed by atoms with Crippen molar-refractivity contribution in [1.29, 1.82) is 10.5 Å². The van der Waals surface area contributed by atoms with Crippen LogP contribution in [0.3, 0.4) is 0 Å². The second-order valence-electron chi connectivity index (χ2n) is 2.81. The smallest absolute Gasteiger partial charge is 0 e. The van der Waals surface area contributed by atoms with E-state index < -0.39 is 7.25 Å². The van der Waals surface area contributed by atoms with E-state index in [4.69, 9.17) is 29.0 Å². The molecule has 0 radical (unpaired) electrons. The van der Waals surface area contributed by atoms with Gasteiger partial charge in [-0.3, -0.25) is 0 Å². The van der Waals surface area contributed by atoms with Gasteiger partial charge in [0.05, 0.1) is 12.1 Å². The van der Waals surface area contributed by atoms with Gasteiger partial charge in [0.2, 0.25) is 0 Å². The van der Waals surface area contributed by atoms with Gasteiger partial charge >= 0.3 is 35.8 Å². The molecule has 0 saturated heterocycles. The van der Waals surface area contributed by atoms with E-state index in [1.54, 1.807) is 26.4 Å². The first-order chi connectivity index (χ1) is 11.7. The van der Waals surface area contributed by atoms with Crippen LogP contribution < -0.4 is 0 Å². The molecule has 12 heteroatoms. The monoisotopic (exact) mass is 461 g/mol. The third-order valence-electron chi connectivity index (χ3n) is 1.27. The molecular formula is C14H16BF4MoN2O4-. The minimum atomic E-state index is -6.00. The molecule has 0 bridgehead atoms. The van der Waals surface area contributed by atoms with Crippen molar-refractivity contribution >= 4 is 13.2 Å². The van der Waals surface area contributed by atoms with Crippen LogP contribution in [-0.2, 0) is 35.1 Å². The normalized spacial score (nSPS) is 7.54. The Hall–Kier alpha value is -2.25. The molecule has 26 heavy (non-hydrogen) atoms. The molecule has 144 valence electrons. The zero-order valence-corrected chi connectivity index (χ0v) is 16.3. The fourth-order valence-corrected chi connectivity index (χ4v) is 0.829. The molecule has 0 aliphatic heterocycles. The van der Waals surface area contributed by atoms with Crippen molar-refractivity contribution in [1.82, 2.24) is 0 Å². The minimum absolute atomic E-state index is 0. The molecular weight excluding hydrogens is 443 g/mol. The van der Waals surface area contributed by atoms with Crippen LogP contribution in [-0.4, -0.2) is 27.4 Å². The Morgan fingerprint density at radius 2 is 1.46 bits per heavy atom. The number of hydrogen-bond donors (Lipinski definition) is 0. The van der Waals surface area contributed by atoms with Gasteiger partial charge in [-0.2, -0.15) is 34.8 Å². The molecule has 0 heterocycles. The maximum Gasteiger partial charge on any atom is 0 e. The van der Waals surface area contributed by atoms with Gasteiger partial charge in [-0.1, -0.05) is 0 Å². The standard InChI is InChI=1S/C8H10O2.2C2H3N.2CO.BF4.Mo/c1-9-8(10-2)7-5-3-4-6-7;2*1-2-3;2*1-2;2-1(3,4)5;/h3-6H,1-2H3;2*1H3;;;;/q;;;;;-1;. The van der Waals surface area contributed by atoms with Gasteiger partial charge in [-0.05, 0) is 5.56 Å². The maximum absolute atomic E-state index is 9.75. The summed E-state index contributed by atoms with van der Waals surface area (Å²) in [5.74, 6) is 0.560. The Labute approximate surface area is 164 Å². The van der Waals surface area contributed by atoms with Crippen LogP contribution >= 0.6 is 0 Å². The van der Waals surface area contributed by atoms with E-state index in [2.05, 4.69) is 13.3 Å². The SMILES string of the molecule is CC#N.CC#N.COC(=[O+]C)c1cc[cH-]c1.F[B-](F)(F)F.[C-]#[O+].[C-]#[O+].[Mo]. The molecule has 0 unspecified atom stereocenters. The second kappa shape index (κ2) is 34.2. The van der Waals surface area contributed by atoms with E-state index in [9.17, 15) is 17.3 Å². The molecule has 6 nitrogen and oxygen atoms in total. The van der Waals surface area contributed by atoms with Crippen molar-refractivity contribution in [2.75, 3.05) is 14.2 Å². The van der Waals surface area contributed by atoms with Crippen LogP contribution in [0.4, 0.5) is 17.3 Å². The summed E-state index contributed by atoms with van der Waals surface area (Å²) in [4.78, 5) is 0. The van der Waals surface area contributed by atoms with Gasteiger partial charge in [0.25, 0.3) is 0 Å². The number of methoxy groups -OCH3 is 1. The van der Waals surface area contributed by atoms with Crippen LogP contribution in [0.5, 0.6) is 0 Å². The number of halogens is 4. The quantitative estimate of drug-likeness (QED) is 0.210. The number of ether oxygens (including phenoxy) is 1. The molecule has 0 spiro atoms. The van der Waals surface area contributed by atoms with Gasteiger partial charge in [-0.25, -0.2) is 0 Å². The minimum Gasteiger partial charge on any atom is 0 e. The van der Waals surface area contributed by atoms with Crippen LogP contribution in [0.1, 0.15) is 23.8 Å². The van der Waals surface area contributed by atoms with E-state index in [1.165, 1.54) is 13.8 Å². The molecule has 0 aliphatic carbocycles. The Kier molecular flexibility index (Phi) is 51.3. The summed E-state index contributed by atoms with van der Waals surface area (Å²) in [7, 11) is -2.82. The molecule has 1 aromatic rings. The van der Waals surface area contributed by atoms with Crippen molar-refractivity contribution < 1.29 is 56.8 Å². The predicted molar refractivity (Wildman–Crippen MR) is 79.9 cm³/mol. The fraction of sp³-hybridized carbons (Fsp3) is 0.286.